The molecule has 1 saturated heterocycles. The third kappa shape index (κ3) is 5.69. The Morgan fingerprint density at radius 2 is 1.71 bits per heavy atom. The van der Waals surface area contributed by atoms with Crippen LogP contribution in [-0.2, 0) is 26.5 Å². The van der Waals surface area contributed by atoms with Crippen LogP contribution in [0.25, 0.3) is 16.6 Å². The molecule has 264 valence electrons. The van der Waals surface area contributed by atoms with E-state index in [2.05, 4.69) is 37.2 Å². The molecule has 11 heteroatoms. The van der Waals surface area contributed by atoms with Gasteiger partial charge in [-0.3, -0.25) is 19.5 Å². The molecule has 4 aromatic carbocycles. The Bertz CT molecular complexity index is 2150. The SMILES string of the molecule is COc1ccc([Si](C)(C)[C@H]2[C@H](CC(=O)N(CCO)Cc3ccccc3)O[C@@]3(C(=O)N(C)c4ccc(-n5[nH]c6ccccc6c5=O)cc43)[C@@H]2C)cc1. The summed E-state index contributed by atoms with van der Waals surface area (Å²) in [4.78, 5) is 45.7. The predicted molar refractivity (Wildman–Crippen MR) is 200 cm³/mol. The highest BCUT2D eigenvalue weighted by Crippen LogP contribution is 2.60. The Labute approximate surface area is 298 Å². The Morgan fingerprint density at radius 3 is 2.39 bits per heavy atom. The monoisotopic (exact) mass is 704 g/mol. The number of nitrogens with one attached hydrogen (secondary N) is 1. The van der Waals surface area contributed by atoms with Crippen LogP contribution in [0.1, 0.15) is 24.5 Å². The summed E-state index contributed by atoms with van der Waals surface area (Å²) in [6.45, 7) is 6.98. The molecule has 1 aromatic heterocycles. The number of aliphatic hydroxyl groups is 1. The van der Waals surface area contributed by atoms with Crippen LogP contribution in [0.3, 0.4) is 0 Å². The largest absolute Gasteiger partial charge is 0.497 e. The maximum absolute atomic E-state index is 14.6. The van der Waals surface area contributed by atoms with Gasteiger partial charge in [0.05, 0.1) is 56.6 Å². The number of rotatable bonds is 10. The van der Waals surface area contributed by atoms with E-state index >= 15 is 0 Å². The maximum Gasteiger partial charge on any atom is 0.279 e. The third-order valence-corrected chi connectivity index (χ3v) is 15.5. The number of amides is 2. The Hall–Kier alpha value is -4.97. The summed E-state index contributed by atoms with van der Waals surface area (Å²) in [7, 11) is 0.883. The second-order valence-corrected chi connectivity index (χ2v) is 18.9. The van der Waals surface area contributed by atoms with Gasteiger partial charge in [-0.1, -0.05) is 79.8 Å². The van der Waals surface area contributed by atoms with Crippen molar-refractivity contribution in [1.29, 1.82) is 0 Å². The molecule has 0 unspecified atom stereocenters. The van der Waals surface area contributed by atoms with Crippen LogP contribution in [0.15, 0.2) is 102 Å². The minimum absolute atomic E-state index is 0.0453. The molecule has 2 amide bonds. The van der Waals surface area contributed by atoms with Gasteiger partial charge >= 0.3 is 0 Å². The number of methoxy groups -OCH3 is 1. The molecule has 2 N–H and O–H groups in total. The van der Waals surface area contributed by atoms with E-state index in [0.717, 1.165) is 16.5 Å². The van der Waals surface area contributed by atoms with Crippen LogP contribution < -0.4 is 20.4 Å². The van der Waals surface area contributed by atoms with Crippen molar-refractivity contribution in [3.05, 3.63) is 119 Å². The fraction of sp³-hybridized carbons (Fsp3) is 0.325. The van der Waals surface area contributed by atoms with Gasteiger partial charge in [-0.25, -0.2) is 4.68 Å². The zero-order valence-electron chi connectivity index (χ0n) is 29.6. The van der Waals surface area contributed by atoms with Gasteiger partial charge < -0.3 is 24.4 Å². The van der Waals surface area contributed by atoms with Crippen molar-refractivity contribution in [2.24, 2.45) is 5.92 Å². The number of aliphatic hydroxyl groups excluding tert-OH is 1. The van der Waals surface area contributed by atoms with E-state index in [1.165, 1.54) is 4.68 Å². The number of nitrogens with zero attached hydrogens (tertiary/aromatic N) is 3. The molecule has 0 bridgehead atoms. The number of carbonyl (C=O) groups excluding carboxylic acids is 2. The summed E-state index contributed by atoms with van der Waals surface area (Å²) in [5.41, 5.74) is 1.92. The van der Waals surface area contributed by atoms with Crippen LogP contribution in [-0.4, -0.2) is 73.1 Å². The smallest absolute Gasteiger partial charge is 0.279 e. The number of hydrogen-bond donors (Lipinski definition) is 2. The quantitative estimate of drug-likeness (QED) is 0.199. The predicted octanol–water partition coefficient (Wildman–Crippen LogP) is 4.93. The molecule has 5 aromatic rings. The number of carbonyl (C=O) groups is 2. The van der Waals surface area contributed by atoms with Crippen LogP contribution in [0.5, 0.6) is 5.75 Å². The van der Waals surface area contributed by atoms with Gasteiger partial charge in [-0.05, 0) is 53.6 Å². The van der Waals surface area contributed by atoms with Gasteiger partial charge in [-0.15, -0.1) is 0 Å². The number of anilines is 1. The van der Waals surface area contributed by atoms with Gasteiger partial charge in [0.15, 0.2) is 5.60 Å². The fourth-order valence-corrected chi connectivity index (χ4v) is 12.5. The van der Waals surface area contributed by atoms with Crippen LogP contribution in [0.2, 0.25) is 18.6 Å². The first-order chi connectivity index (χ1) is 24.5. The first-order valence-electron chi connectivity index (χ1n) is 17.4. The lowest BCUT2D eigenvalue weighted by molar-refractivity contribution is -0.149. The molecule has 3 heterocycles. The summed E-state index contributed by atoms with van der Waals surface area (Å²) < 4.78 is 14.1. The molecule has 0 aliphatic carbocycles. The lowest BCUT2D eigenvalue weighted by Gasteiger charge is -2.37. The lowest BCUT2D eigenvalue weighted by Crippen LogP contribution is -2.52. The van der Waals surface area contributed by atoms with Crippen molar-refractivity contribution in [2.75, 3.05) is 32.2 Å². The molecule has 0 saturated carbocycles. The second-order valence-electron chi connectivity index (χ2n) is 14.2. The van der Waals surface area contributed by atoms with E-state index in [1.54, 1.807) is 30.0 Å². The van der Waals surface area contributed by atoms with Crippen LogP contribution in [0.4, 0.5) is 5.69 Å². The number of likely N-dealkylation sites (N-methyl/N-ethyl adjacent to an activating group) is 1. The molecule has 1 spiro atoms. The second kappa shape index (κ2) is 13.3. The third-order valence-electron chi connectivity index (χ3n) is 11.1. The Kier molecular flexibility index (Phi) is 8.99. The Balaban J connectivity index is 1.33. The average molecular weight is 705 g/mol. The summed E-state index contributed by atoms with van der Waals surface area (Å²) in [5, 5.41) is 14.9. The first-order valence-corrected chi connectivity index (χ1v) is 20.5. The van der Waals surface area contributed by atoms with Crippen molar-refractivity contribution in [1.82, 2.24) is 14.7 Å². The molecule has 7 rings (SSSR count). The molecule has 51 heavy (non-hydrogen) atoms. The highest BCUT2D eigenvalue weighted by molar-refractivity contribution is 6.91. The van der Waals surface area contributed by atoms with Crippen molar-refractivity contribution in [3.8, 4) is 11.4 Å². The molecule has 10 nitrogen and oxygen atoms in total. The molecular weight excluding hydrogens is 661 g/mol. The summed E-state index contributed by atoms with van der Waals surface area (Å²) in [6, 6.07) is 30.7. The van der Waals surface area contributed by atoms with Gasteiger partial charge in [-0.2, -0.15) is 0 Å². The highest BCUT2D eigenvalue weighted by atomic mass is 28.3. The van der Waals surface area contributed by atoms with Crippen LogP contribution >= 0.6 is 0 Å². The average Bonchev–Trinajstić information content (AvgIpc) is 3.71. The molecule has 4 atom stereocenters. The minimum Gasteiger partial charge on any atom is -0.497 e. The highest BCUT2D eigenvalue weighted by Gasteiger charge is 2.66. The van der Waals surface area contributed by atoms with E-state index in [-0.39, 0.29) is 48.4 Å². The number of hydrogen-bond acceptors (Lipinski definition) is 6. The summed E-state index contributed by atoms with van der Waals surface area (Å²) in [6.07, 6.45) is -0.556. The number of fused-ring (bicyclic) bond motifs is 3. The molecule has 2 aliphatic heterocycles. The molecule has 0 radical (unpaired) electrons. The van der Waals surface area contributed by atoms with E-state index in [9.17, 15) is 19.5 Å². The number of ether oxygens (including phenoxy) is 2. The maximum atomic E-state index is 14.6. The van der Waals surface area contributed by atoms with E-state index in [1.807, 2.05) is 78.9 Å². The number of aromatic nitrogens is 2. The number of H-pyrrole nitrogens is 1. The molecular formula is C40H44N4O6Si. The van der Waals surface area contributed by atoms with Crippen molar-refractivity contribution in [2.45, 2.75) is 50.2 Å². The molecule has 1 fully saturated rings. The number of aromatic amines is 1. The van der Waals surface area contributed by atoms with Crippen molar-refractivity contribution >= 4 is 41.7 Å². The summed E-state index contributed by atoms with van der Waals surface area (Å²) >= 11 is 0. The zero-order chi connectivity index (χ0) is 36.1. The van der Waals surface area contributed by atoms with Gasteiger partial charge in [0.1, 0.15) is 5.75 Å². The minimum atomic E-state index is -2.51. The van der Waals surface area contributed by atoms with Crippen molar-refractivity contribution < 1.29 is 24.2 Å². The van der Waals surface area contributed by atoms with Crippen molar-refractivity contribution in [3.63, 3.8) is 0 Å². The number of para-hydroxylation sites is 1. The fourth-order valence-electron chi connectivity index (χ4n) is 8.50. The first kappa shape index (κ1) is 34.5. The zero-order valence-corrected chi connectivity index (χ0v) is 30.6. The van der Waals surface area contributed by atoms with E-state index < -0.39 is 19.8 Å². The van der Waals surface area contributed by atoms with Gasteiger partial charge in [0, 0.05) is 31.6 Å². The van der Waals surface area contributed by atoms with E-state index in [4.69, 9.17) is 9.47 Å². The van der Waals surface area contributed by atoms with E-state index in [0.29, 0.717) is 34.4 Å². The summed E-state index contributed by atoms with van der Waals surface area (Å²) in [5.74, 6) is 0.0841. The lowest BCUT2D eigenvalue weighted by atomic mass is 9.82. The standard InChI is InChI=1S/C40H44N4O6Si/c1-26-37(51(4,5)30-18-16-29(49-3)17-19-30)35(24-36(46)43(21-22-45)25-27-11-7-6-8-12-27)50-40(26)32-23-28(15-20-34(32)42(2)39(40)48)44-38(47)31-13-9-10-14-33(31)41-44/h6-20,23,26,35,37,41,45H,21-22,24-25H2,1-5H3/t26-,35+,37-,40+/m1/s1. The normalized spacial score (nSPS) is 21.4. The van der Waals surface area contributed by atoms with Gasteiger partial charge in [0.2, 0.25) is 5.91 Å². The number of benzene rings is 4. The molecule has 2 aliphatic rings. The van der Waals surface area contributed by atoms with Gasteiger partial charge in [0.25, 0.3) is 11.5 Å². The topological polar surface area (TPSA) is 117 Å². The van der Waals surface area contributed by atoms with Crippen LogP contribution in [0, 0.1) is 5.92 Å². The Morgan fingerprint density at radius 1 is 1.00 bits per heavy atom.